The first-order valence-electron chi connectivity index (χ1n) is 5.81. The summed E-state index contributed by atoms with van der Waals surface area (Å²) in [5.41, 5.74) is 0. The molecule has 0 aliphatic rings. The van der Waals surface area contributed by atoms with Crippen molar-refractivity contribution in [3.8, 4) is 0 Å². The van der Waals surface area contributed by atoms with Crippen molar-refractivity contribution >= 4 is 10.0 Å². The molecule has 0 fully saturated rings. The molecule has 1 rings (SSSR count). The number of sulfonamides is 1. The molecule has 6 heteroatoms. The molecular formula is C12H18FNO3S. The van der Waals surface area contributed by atoms with Gasteiger partial charge in [-0.1, -0.05) is 0 Å². The van der Waals surface area contributed by atoms with Gasteiger partial charge in [0.1, 0.15) is 5.82 Å². The van der Waals surface area contributed by atoms with Gasteiger partial charge >= 0.3 is 0 Å². The van der Waals surface area contributed by atoms with Crippen LogP contribution in [0.15, 0.2) is 29.2 Å². The maximum Gasteiger partial charge on any atom is 0.242 e. The van der Waals surface area contributed by atoms with E-state index in [-0.39, 0.29) is 11.5 Å². The highest BCUT2D eigenvalue weighted by Crippen LogP contribution is 2.15. The highest BCUT2D eigenvalue weighted by molar-refractivity contribution is 7.89. The van der Waals surface area contributed by atoms with Crippen LogP contribution in [-0.4, -0.2) is 38.0 Å². The Morgan fingerprint density at radius 1 is 1.17 bits per heavy atom. The Kier molecular flexibility index (Phi) is 5.71. The largest absolute Gasteiger partial charge is 0.396 e. The van der Waals surface area contributed by atoms with Gasteiger partial charge < -0.3 is 5.11 Å². The zero-order valence-electron chi connectivity index (χ0n) is 10.3. The molecule has 0 aliphatic carbocycles. The molecular weight excluding hydrogens is 257 g/mol. The molecule has 0 saturated heterocycles. The highest BCUT2D eigenvalue weighted by Gasteiger charge is 2.19. The molecule has 4 nitrogen and oxygen atoms in total. The van der Waals surface area contributed by atoms with Crippen LogP contribution < -0.4 is 0 Å². The first-order valence-corrected chi connectivity index (χ1v) is 7.25. The Bertz CT molecular complexity index is 459. The van der Waals surface area contributed by atoms with E-state index in [1.165, 1.54) is 23.5 Å². The Labute approximate surface area is 107 Å². The molecule has 18 heavy (non-hydrogen) atoms. The number of hydrogen-bond donors (Lipinski definition) is 1. The summed E-state index contributed by atoms with van der Waals surface area (Å²) in [5, 5.41) is 8.63. The lowest BCUT2D eigenvalue weighted by atomic mass is 10.2. The van der Waals surface area contributed by atoms with E-state index < -0.39 is 15.8 Å². The van der Waals surface area contributed by atoms with Gasteiger partial charge in [-0.05, 0) is 43.5 Å². The number of unbranched alkanes of at least 4 members (excludes halogenated alkanes) is 2. The average molecular weight is 275 g/mol. The van der Waals surface area contributed by atoms with Gasteiger partial charge in [-0.15, -0.1) is 0 Å². The van der Waals surface area contributed by atoms with E-state index in [2.05, 4.69) is 0 Å². The van der Waals surface area contributed by atoms with Gasteiger partial charge in [-0.2, -0.15) is 0 Å². The second kappa shape index (κ2) is 6.82. The second-order valence-electron chi connectivity index (χ2n) is 4.06. The van der Waals surface area contributed by atoms with Crippen molar-refractivity contribution < 1.29 is 17.9 Å². The third-order valence-electron chi connectivity index (χ3n) is 2.65. The van der Waals surface area contributed by atoms with E-state index in [4.69, 9.17) is 5.11 Å². The van der Waals surface area contributed by atoms with Crippen LogP contribution in [-0.2, 0) is 10.0 Å². The summed E-state index contributed by atoms with van der Waals surface area (Å²) < 4.78 is 38.1. The van der Waals surface area contributed by atoms with Gasteiger partial charge in [0, 0.05) is 20.2 Å². The standard InChI is InChI=1S/C12H18FNO3S/c1-14(9-3-2-4-10-15)18(16,17)12-7-5-11(13)6-8-12/h5-8,15H,2-4,9-10H2,1H3. The maximum absolute atomic E-state index is 12.7. The minimum absolute atomic E-state index is 0.0913. The van der Waals surface area contributed by atoms with E-state index in [1.807, 2.05) is 0 Å². The first kappa shape index (κ1) is 15.1. The van der Waals surface area contributed by atoms with E-state index in [9.17, 15) is 12.8 Å². The first-order chi connectivity index (χ1) is 8.48. The molecule has 1 aromatic rings. The molecule has 0 aromatic heterocycles. The van der Waals surface area contributed by atoms with Crippen LogP contribution in [0.2, 0.25) is 0 Å². The van der Waals surface area contributed by atoms with Crippen molar-refractivity contribution in [1.29, 1.82) is 0 Å². The topological polar surface area (TPSA) is 57.6 Å². The number of aliphatic hydroxyl groups is 1. The molecule has 0 unspecified atom stereocenters. The average Bonchev–Trinajstić information content (AvgIpc) is 2.35. The van der Waals surface area contributed by atoms with Crippen molar-refractivity contribution in [2.75, 3.05) is 20.2 Å². The van der Waals surface area contributed by atoms with Crippen LogP contribution in [0, 0.1) is 5.82 Å². The van der Waals surface area contributed by atoms with E-state index >= 15 is 0 Å². The lowest BCUT2D eigenvalue weighted by Gasteiger charge is -2.16. The predicted octanol–water partition coefficient (Wildman–Crippen LogP) is 1.61. The molecule has 0 amide bonds. The lowest BCUT2D eigenvalue weighted by Crippen LogP contribution is -2.28. The molecule has 0 atom stereocenters. The van der Waals surface area contributed by atoms with Crippen LogP contribution in [0.3, 0.4) is 0 Å². The Balaban J connectivity index is 2.65. The fourth-order valence-electron chi connectivity index (χ4n) is 1.53. The monoisotopic (exact) mass is 275 g/mol. The molecule has 0 spiro atoms. The molecule has 102 valence electrons. The summed E-state index contributed by atoms with van der Waals surface area (Å²) in [6.45, 7) is 0.508. The number of hydrogen-bond acceptors (Lipinski definition) is 3. The SMILES string of the molecule is CN(CCCCCO)S(=O)(=O)c1ccc(F)cc1. The normalized spacial score (nSPS) is 12.0. The summed E-state index contributed by atoms with van der Waals surface area (Å²) in [4.78, 5) is 0.0913. The lowest BCUT2D eigenvalue weighted by molar-refractivity contribution is 0.281. The molecule has 1 aromatic carbocycles. The predicted molar refractivity (Wildman–Crippen MR) is 67.2 cm³/mol. The number of halogens is 1. The highest BCUT2D eigenvalue weighted by atomic mass is 32.2. The van der Waals surface area contributed by atoms with Crippen molar-refractivity contribution in [2.45, 2.75) is 24.2 Å². The number of nitrogens with zero attached hydrogens (tertiary/aromatic N) is 1. The van der Waals surface area contributed by atoms with Gasteiger partial charge in [0.2, 0.25) is 10.0 Å². The molecule has 0 bridgehead atoms. The van der Waals surface area contributed by atoms with E-state index in [0.717, 1.165) is 18.6 Å². The second-order valence-corrected chi connectivity index (χ2v) is 6.11. The zero-order chi connectivity index (χ0) is 13.6. The van der Waals surface area contributed by atoms with Crippen LogP contribution in [0.5, 0.6) is 0 Å². The number of aliphatic hydroxyl groups excluding tert-OH is 1. The fourth-order valence-corrected chi connectivity index (χ4v) is 2.74. The van der Waals surface area contributed by atoms with Crippen molar-refractivity contribution in [2.24, 2.45) is 0 Å². The van der Waals surface area contributed by atoms with Gasteiger partial charge in [-0.25, -0.2) is 17.1 Å². The summed E-state index contributed by atoms with van der Waals surface area (Å²) in [6.07, 6.45) is 2.14. The zero-order valence-corrected chi connectivity index (χ0v) is 11.2. The van der Waals surface area contributed by atoms with E-state index in [1.54, 1.807) is 0 Å². The van der Waals surface area contributed by atoms with Crippen LogP contribution >= 0.6 is 0 Å². The van der Waals surface area contributed by atoms with Crippen LogP contribution in [0.4, 0.5) is 4.39 Å². The van der Waals surface area contributed by atoms with Crippen molar-refractivity contribution in [1.82, 2.24) is 4.31 Å². The Hall–Kier alpha value is -0.980. The third-order valence-corrected chi connectivity index (χ3v) is 4.52. The van der Waals surface area contributed by atoms with Crippen LogP contribution in [0.1, 0.15) is 19.3 Å². The maximum atomic E-state index is 12.7. The Morgan fingerprint density at radius 2 is 1.78 bits per heavy atom. The summed E-state index contributed by atoms with van der Waals surface area (Å²) in [7, 11) is -2.04. The van der Waals surface area contributed by atoms with Gasteiger partial charge in [-0.3, -0.25) is 0 Å². The summed E-state index contributed by atoms with van der Waals surface area (Å²) in [6, 6.07) is 4.78. The summed E-state index contributed by atoms with van der Waals surface area (Å²) in [5.74, 6) is -0.459. The van der Waals surface area contributed by atoms with E-state index in [0.29, 0.717) is 19.4 Å². The minimum Gasteiger partial charge on any atom is -0.396 e. The number of benzene rings is 1. The van der Waals surface area contributed by atoms with Gasteiger partial charge in [0.25, 0.3) is 0 Å². The van der Waals surface area contributed by atoms with Crippen molar-refractivity contribution in [3.63, 3.8) is 0 Å². The Morgan fingerprint density at radius 3 is 2.33 bits per heavy atom. The number of rotatable bonds is 7. The van der Waals surface area contributed by atoms with Gasteiger partial charge in [0.05, 0.1) is 4.90 Å². The minimum atomic E-state index is -3.54. The molecule has 0 radical (unpaired) electrons. The van der Waals surface area contributed by atoms with Crippen LogP contribution in [0.25, 0.3) is 0 Å². The molecule has 0 heterocycles. The fraction of sp³-hybridized carbons (Fsp3) is 0.500. The quantitative estimate of drug-likeness (QED) is 0.769. The molecule has 0 saturated carbocycles. The van der Waals surface area contributed by atoms with Gasteiger partial charge in [0.15, 0.2) is 0 Å². The third kappa shape index (κ3) is 4.04. The summed E-state index contributed by atoms with van der Waals surface area (Å²) >= 11 is 0. The molecule has 0 aliphatic heterocycles. The smallest absolute Gasteiger partial charge is 0.242 e. The van der Waals surface area contributed by atoms with Crippen molar-refractivity contribution in [3.05, 3.63) is 30.1 Å². The molecule has 1 N–H and O–H groups in total.